The fourth-order valence-corrected chi connectivity index (χ4v) is 1.74. The van der Waals surface area contributed by atoms with Crippen molar-refractivity contribution in [1.82, 2.24) is 5.32 Å². The molecule has 1 unspecified atom stereocenters. The van der Waals surface area contributed by atoms with Crippen LogP contribution >= 0.6 is 0 Å². The third-order valence-electron chi connectivity index (χ3n) is 3.35. The highest BCUT2D eigenvalue weighted by Crippen LogP contribution is 2.18. The molecular weight excluding hydrogens is 252 g/mol. The molecule has 1 aromatic rings. The molecule has 1 rings (SSSR count). The van der Waals surface area contributed by atoms with E-state index in [1.165, 1.54) is 6.92 Å². The minimum absolute atomic E-state index is 0.0879. The molecule has 106 valence electrons. The summed E-state index contributed by atoms with van der Waals surface area (Å²) in [4.78, 5) is 12.0. The summed E-state index contributed by atoms with van der Waals surface area (Å²) in [7, 11) is 0. The minimum Gasteiger partial charge on any atom is -0.396 e. The average Bonchev–Trinajstić information content (AvgIpc) is 2.33. The largest absolute Gasteiger partial charge is 0.396 e. The average molecular weight is 271 g/mol. The van der Waals surface area contributed by atoms with Gasteiger partial charge < -0.3 is 10.4 Å². The van der Waals surface area contributed by atoms with Crippen molar-refractivity contribution >= 4 is 5.91 Å². The van der Waals surface area contributed by atoms with Crippen LogP contribution in [0.2, 0.25) is 0 Å². The van der Waals surface area contributed by atoms with Gasteiger partial charge in [0.1, 0.15) is 11.6 Å². The lowest BCUT2D eigenvalue weighted by atomic mass is 9.94. The third-order valence-corrected chi connectivity index (χ3v) is 3.35. The maximum Gasteiger partial charge on any atom is 0.254 e. The second-order valence-corrected chi connectivity index (χ2v) is 4.92. The number of hydrogen-bond acceptors (Lipinski definition) is 2. The van der Waals surface area contributed by atoms with Crippen LogP contribution in [0.3, 0.4) is 0 Å². The van der Waals surface area contributed by atoms with E-state index in [0.717, 1.165) is 12.1 Å². The Morgan fingerprint density at radius 2 is 2.00 bits per heavy atom. The summed E-state index contributed by atoms with van der Waals surface area (Å²) in [6.45, 7) is 4.95. The van der Waals surface area contributed by atoms with E-state index >= 15 is 0 Å². The van der Waals surface area contributed by atoms with Crippen LogP contribution in [0, 0.1) is 18.6 Å². The summed E-state index contributed by atoms with van der Waals surface area (Å²) >= 11 is 0. The molecule has 3 nitrogen and oxygen atoms in total. The zero-order valence-electron chi connectivity index (χ0n) is 11.4. The fraction of sp³-hybridized carbons (Fsp3) is 0.500. The molecule has 0 bridgehead atoms. The van der Waals surface area contributed by atoms with Crippen LogP contribution in [0.5, 0.6) is 0 Å². The monoisotopic (exact) mass is 271 g/mol. The lowest BCUT2D eigenvalue weighted by molar-refractivity contribution is 0.0881. The number of hydrogen-bond donors (Lipinski definition) is 2. The van der Waals surface area contributed by atoms with Crippen LogP contribution < -0.4 is 5.32 Å². The van der Waals surface area contributed by atoms with Crippen LogP contribution in [0.4, 0.5) is 8.78 Å². The van der Waals surface area contributed by atoms with Crippen molar-refractivity contribution in [1.29, 1.82) is 0 Å². The van der Waals surface area contributed by atoms with E-state index in [-0.39, 0.29) is 17.7 Å². The van der Waals surface area contributed by atoms with Crippen molar-refractivity contribution < 1.29 is 18.7 Å². The Balaban J connectivity index is 2.98. The van der Waals surface area contributed by atoms with Gasteiger partial charge in [-0.1, -0.05) is 6.92 Å². The van der Waals surface area contributed by atoms with Gasteiger partial charge in [0.25, 0.3) is 5.91 Å². The summed E-state index contributed by atoms with van der Waals surface area (Å²) in [5, 5.41) is 11.6. The molecule has 0 aliphatic carbocycles. The number of aryl methyl sites for hydroxylation is 1. The summed E-state index contributed by atoms with van der Waals surface area (Å²) in [6, 6.07) is 1.90. The highest BCUT2D eigenvalue weighted by Gasteiger charge is 2.26. The second-order valence-electron chi connectivity index (χ2n) is 4.92. The van der Waals surface area contributed by atoms with Gasteiger partial charge in [-0.2, -0.15) is 0 Å². The lowest BCUT2D eigenvalue weighted by Crippen LogP contribution is -2.46. The molecule has 19 heavy (non-hydrogen) atoms. The predicted octanol–water partition coefficient (Wildman–Crippen LogP) is 2.55. The molecule has 0 spiro atoms. The van der Waals surface area contributed by atoms with E-state index < -0.39 is 23.1 Å². The van der Waals surface area contributed by atoms with E-state index in [9.17, 15) is 13.6 Å². The predicted molar refractivity (Wildman–Crippen MR) is 69.0 cm³/mol. The molecule has 0 saturated carbocycles. The molecule has 2 N–H and O–H groups in total. The Morgan fingerprint density at radius 3 is 2.53 bits per heavy atom. The van der Waals surface area contributed by atoms with E-state index in [4.69, 9.17) is 5.11 Å². The van der Waals surface area contributed by atoms with E-state index in [1.807, 2.05) is 6.92 Å². The van der Waals surface area contributed by atoms with Crippen LogP contribution in [-0.4, -0.2) is 23.2 Å². The molecule has 0 heterocycles. The molecule has 0 aromatic heterocycles. The van der Waals surface area contributed by atoms with E-state index in [2.05, 4.69) is 5.32 Å². The normalized spacial score (nSPS) is 14.0. The summed E-state index contributed by atoms with van der Waals surface area (Å²) < 4.78 is 27.1. The Labute approximate surface area is 111 Å². The number of nitrogens with one attached hydrogen (secondary N) is 1. The first-order valence-corrected chi connectivity index (χ1v) is 6.22. The molecule has 0 fully saturated rings. The maximum absolute atomic E-state index is 13.7. The lowest BCUT2D eigenvalue weighted by Gasteiger charge is -2.29. The van der Waals surface area contributed by atoms with Gasteiger partial charge in [0, 0.05) is 12.1 Å². The van der Waals surface area contributed by atoms with Crippen LogP contribution in [0.1, 0.15) is 42.6 Å². The first kappa shape index (κ1) is 15.6. The summed E-state index contributed by atoms with van der Waals surface area (Å²) in [5.74, 6) is -2.04. The van der Waals surface area contributed by atoms with Crippen molar-refractivity contribution in [3.8, 4) is 0 Å². The molecule has 0 saturated heterocycles. The van der Waals surface area contributed by atoms with Gasteiger partial charge >= 0.3 is 0 Å². The first-order chi connectivity index (χ1) is 8.83. The van der Waals surface area contributed by atoms with Gasteiger partial charge in [-0.25, -0.2) is 8.78 Å². The fourth-order valence-electron chi connectivity index (χ4n) is 1.74. The molecule has 5 heteroatoms. The van der Waals surface area contributed by atoms with Gasteiger partial charge in [-0.15, -0.1) is 0 Å². The zero-order valence-corrected chi connectivity index (χ0v) is 11.4. The van der Waals surface area contributed by atoms with Crippen LogP contribution in [-0.2, 0) is 0 Å². The third kappa shape index (κ3) is 3.73. The first-order valence-electron chi connectivity index (χ1n) is 6.22. The molecule has 1 amide bonds. The maximum atomic E-state index is 13.7. The Morgan fingerprint density at radius 1 is 1.37 bits per heavy atom. The standard InChI is InChI=1S/C14H19F2NO2/c1-4-14(3,5-6-18)17-13(19)10-8-11(15)9(2)7-12(10)16/h7-8,18H,4-6H2,1-3H3,(H,17,19). The number of aliphatic hydroxyl groups excluding tert-OH is 1. The second kappa shape index (κ2) is 6.10. The molecule has 1 aromatic carbocycles. The van der Waals surface area contributed by atoms with Crippen molar-refractivity contribution in [3.05, 3.63) is 34.9 Å². The van der Waals surface area contributed by atoms with Crippen molar-refractivity contribution in [2.75, 3.05) is 6.61 Å². The minimum atomic E-state index is -0.751. The van der Waals surface area contributed by atoms with Gasteiger partial charge in [0.2, 0.25) is 0 Å². The number of carbonyl (C=O) groups excluding carboxylic acids is 1. The van der Waals surface area contributed by atoms with Crippen LogP contribution in [0.15, 0.2) is 12.1 Å². The topological polar surface area (TPSA) is 49.3 Å². The Hall–Kier alpha value is -1.49. The quantitative estimate of drug-likeness (QED) is 0.864. The summed E-state index contributed by atoms with van der Waals surface area (Å²) in [6.07, 6.45) is 0.931. The molecule has 0 aliphatic rings. The van der Waals surface area contributed by atoms with Gasteiger partial charge in [0.05, 0.1) is 5.56 Å². The highest BCUT2D eigenvalue weighted by atomic mass is 19.1. The SMILES string of the molecule is CCC(C)(CCO)NC(=O)c1cc(F)c(C)cc1F. The van der Waals surface area contributed by atoms with Crippen LogP contribution in [0.25, 0.3) is 0 Å². The molecular formula is C14H19F2NO2. The smallest absolute Gasteiger partial charge is 0.254 e. The van der Waals surface area contributed by atoms with Gasteiger partial charge in [-0.05, 0) is 44.4 Å². The van der Waals surface area contributed by atoms with Crippen molar-refractivity contribution in [2.24, 2.45) is 0 Å². The summed E-state index contributed by atoms with van der Waals surface area (Å²) in [5.41, 5.74) is -0.803. The highest BCUT2D eigenvalue weighted by molar-refractivity contribution is 5.95. The number of amides is 1. The number of carbonyl (C=O) groups is 1. The number of aliphatic hydroxyl groups is 1. The van der Waals surface area contributed by atoms with E-state index in [1.54, 1.807) is 6.92 Å². The number of halogens is 2. The number of rotatable bonds is 5. The van der Waals surface area contributed by atoms with Gasteiger partial charge in [-0.3, -0.25) is 4.79 Å². The Bertz CT molecular complexity index is 477. The van der Waals surface area contributed by atoms with Crippen molar-refractivity contribution in [2.45, 2.75) is 39.2 Å². The zero-order chi connectivity index (χ0) is 14.6. The molecule has 0 aliphatic heterocycles. The molecule has 0 radical (unpaired) electrons. The number of benzene rings is 1. The molecule has 1 atom stereocenters. The van der Waals surface area contributed by atoms with Gasteiger partial charge in [0.15, 0.2) is 0 Å². The Kier molecular flexibility index (Phi) is 5.00. The van der Waals surface area contributed by atoms with E-state index in [0.29, 0.717) is 12.8 Å². The van der Waals surface area contributed by atoms with Crippen molar-refractivity contribution in [3.63, 3.8) is 0 Å².